The van der Waals surface area contributed by atoms with Gasteiger partial charge >= 0.3 is 6.09 Å². The average molecular weight is 388 g/mol. The van der Waals surface area contributed by atoms with E-state index in [4.69, 9.17) is 9.47 Å². The number of carbonyl (C=O) groups is 1. The molecule has 148 valence electrons. The highest BCUT2D eigenvalue weighted by molar-refractivity contribution is 5.74. The van der Waals surface area contributed by atoms with Gasteiger partial charge < -0.3 is 14.4 Å². The van der Waals surface area contributed by atoms with E-state index in [1.54, 1.807) is 17.0 Å². The highest BCUT2D eigenvalue weighted by atomic mass is 19.1. The van der Waals surface area contributed by atoms with E-state index in [1.165, 1.54) is 12.3 Å². The van der Waals surface area contributed by atoms with Gasteiger partial charge in [-0.1, -0.05) is 12.1 Å². The highest BCUT2D eigenvalue weighted by Crippen LogP contribution is 2.33. The van der Waals surface area contributed by atoms with Crippen LogP contribution >= 0.6 is 0 Å². The van der Waals surface area contributed by atoms with Crippen molar-refractivity contribution in [3.63, 3.8) is 0 Å². The van der Waals surface area contributed by atoms with E-state index < -0.39 is 23.0 Å². The van der Waals surface area contributed by atoms with E-state index in [0.29, 0.717) is 25.1 Å². The molecule has 1 aliphatic rings. The number of para-hydroxylation sites is 1. The van der Waals surface area contributed by atoms with Gasteiger partial charge in [0.1, 0.15) is 5.60 Å². The molecular weight excluding hydrogens is 366 g/mol. The van der Waals surface area contributed by atoms with Crippen molar-refractivity contribution in [3.05, 3.63) is 59.8 Å². The smallest absolute Gasteiger partial charge is 0.410 e. The molecule has 2 aromatic rings. The molecule has 5 nitrogen and oxygen atoms in total. The van der Waals surface area contributed by atoms with Crippen LogP contribution in [-0.4, -0.2) is 34.7 Å². The fourth-order valence-corrected chi connectivity index (χ4v) is 2.80. The van der Waals surface area contributed by atoms with Crippen LogP contribution in [0.1, 0.15) is 32.8 Å². The summed E-state index contributed by atoms with van der Waals surface area (Å²) in [5.74, 6) is -1.98. The van der Waals surface area contributed by atoms with Crippen LogP contribution in [-0.2, 0) is 4.74 Å². The summed E-state index contributed by atoms with van der Waals surface area (Å²) in [5.41, 5.74) is 0.962. The quantitative estimate of drug-likeness (QED) is 0.727. The topological polar surface area (TPSA) is 51.7 Å². The largest absolute Gasteiger partial charge is 0.444 e. The van der Waals surface area contributed by atoms with Gasteiger partial charge in [0, 0.05) is 24.8 Å². The molecule has 0 unspecified atom stereocenters. The lowest BCUT2D eigenvalue weighted by atomic mass is 10.0. The van der Waals surface area contributed by atoms with Crippen LogP contribution in [0.2, 0.25) is 0 Å². The molecule has 1 aliphatic heterocycles. The molecule has 1 amide bonds. The van der Waals surface area contributed by atoms with Gasteiger partial charge in [0.15, 0.2) is 11.6 Å². The molecule has 0 radical (unpaired) electrons. The summed E-state index contributed by atoms with van der Waals surface area (Å²) in [5, 5.41) is 0. The third-order valence-corrected chi connectivity index (χ3v) is 4.10. The van der Waals surface area contributed by atoms with Gasteiger partial charge in [0.05, 0.1) is 0 Å². The van der Waals surface area contributed by atoms with E-state index in [0.717, 1.165) is 17.7 Å². The standard InChI is InChI=1S/C21H22F2N2O3/c1-21(2,3)28-20(26)25-12-9-14(10-13-25)15-6-5-11-24-19(15)27-18-16(22)7-4-8-17(18)23/h4-9,11H,10,12-13H2,1-3H3. The van der Waals surface area contributed by atoms with Crippen molar-refractivity contribution in [3.8, 4) is 11.6 Å². The van der Waals surface area contributed by atoms with Crippen LogP contribution < -0.4 is 4.74 Å². The van der Waals surface area contributed by atoms with Gasteiger partial charge in [0.25, 0.3) is 0 Å². The number of ether oxygens (including phenoxy) is 2. The third kappa shape index (κ3) is 4.65. The number of halogens is 2. The summed E-state index contributed by atoms with van der Waals surface area (Å²) >= 11 is 0. The van der Waals surface area contributed by atoms with Crippen molar-refractivity contribution in [2.45, 2.75) is 32.8 Å². The Morgan fingerprint density at radius 3 is 2.46 bits per heavy atom. The SMILES string of the molecule is CC(C)(C)OC(=O)N1CC=C(c2cccnc2Oc2c(F)cccc2F)CC1. The molecule has 28 heavy (non-hydrogen) atoms. The fraction of sp³-hybridized carbons (Fsp3) is 0.333. The van der Waals surface area contributed by atoms with Crippen molar-refractivity contribution >= 4 is 11.7 Å². The maximum Gasteiger partial charge on any atom is 0.410 e. The van der Waals surface area contributed by atoms with E-state index in [9.17, 15) is 13.6 Å². The lowest BCUT2D eigenvalue weighted by Gasteiger charge is -2.29. The molecule has 0 N–H and O–H groups in total. The fourth-order valence-electron chi connectivity index (χ4n) is 2.80. The molecular formula is C21H22F2N2O3. The zero-order valence-corrected chi connectivity index (χ0v) is 16.0. The van der Waals surface area contributed by atoms with Crippen LogP contribution in [0.3, 0.4) is 0 Å². The molecule has 0 saturated carbocycles. The number of hydrogen-bond acceptors (Lipinski definition) is 4. The van der Waals surface area contributed by atoms with Gasteiger partial charge in [0.2, 0.25) is 11.6 Å². The number of pyridine rings is 1. The Hall–Kier alpha value is -2.96. The number of rotatable bonds is 3. The minimum Gasteiger partial charge on any atom is -0.444 e. The Labute approximate surface area is 162 Å². The molecule has 1 aromatic heterocycles. The summed E-state index contributed by atoms with van der Waals surface area (Å²) in [7, 11) is 0. The number of hydrogen-bond donors (Lipinski definition) is 0. The van der Waals surface area contributed by atoms with E-state index >= 15 is 0 Å². The first kappa shape index (κ1) is 19.8. The summed E-state index contributed by atoms with van der Waals surface area (Å²) in [6.45, 7) is 6.28. The normalized spacial score (nSPS) is 14.5. The lowest BCUT2D eigenvalue weighted by Crippen LogP contribution is -2.39. The zero-order valence-electron chi connectivity index (χ0n) is 16.0. The summed E-state index contributed by atoms with van der Waals surface area (Å²) in [4.78, 5) is 17.9. The molecule has 0 saturated heterocycles. The number of nitrogens with zero attached hydrogens (tertiary/aromatic N) is 2. The van der Waals surface area contributed by atoms with Gasteiger partial charge in [-0.05, 0) is 57.0 Å². The first-order chi connectivity index (χ1) is 13.2. The van der Waals surface area contributed by atoms with Crippen LogP contribution in [0.15, 0.2) is 42.6 Å². The predicted octanol–water partition coefficient (Wildman–Crippen LogP) is 5.18. The molecule has 3 rings (SSSR count). The van der Waals surface area contributed by atoms with E-state index in [2.05, 4.69) is 4.98 Å². The first-order valence-corrected chi connectivity index (χ1v) is 8.99. The van der Waals surface area contributed by atoms with Gasteiger partial charge in [-0.3, -0.25) is 0 Å². The van der Waals surface area contributed by atoms with Crippen molar-refractivity contribution in [1.82, 2.24) is 9.88 Å². The van der Waals surface area contributed by atoms with E-state index in [1.807, 2.05) is 26.8 Å². The minimum absolute atomic E-state index is 0.114. The van der Waals surface area contributed by atoms with Crippen LogP contribution in [0, 0.1) is 11.6 Å². The maximum atomic E-state index is 13.9. The van der Waals surface area contributed by atoms with Crippen LogP contribution in [0.5, 0.6) is 11.6 Å². The second-order valence-corrected chi connectivity index (χ2v) is 7.41. The van der Waals surface area contributed by atoms with E-state index in [-0.39, 0.29) is 12.0 Å². The molecule has 0 fully saturated rings. The Balaban J connectivity index is 1.79. The first-order valence-electron chi connectivity index (χ1n) is 8.99. The second kappa shape index (κ2) is 7.96. The monoisotopic (exact) mass is 388 g/mol. The third-order valence-electron chi connectivity index (χ3n) is 4.10. The Morgan fingerprint density at radius 2 is 1.86 bits per heavy atom. The summed E-state index contributed by atoms with van der Waals surface area (Å²) < 4.78 is 38.7. The van der Waals surface area contributed by atoms with Crippen molar-refractivity contribution in [2.24, 2.45) is 0 Å². The molecule has 0 aliphatic carbocycles. The summed E-state index contributed by atoms with van der Waals surface area (Å²) in [6, 6.07) is 7.02. The van der Waals surface area contributed by atoms with Crippen LogP contribution in [0.4, 0.5) is 13.6 Å². The number of benzene rings is 1. The molecule has 7 heteroatoms. The predicted molar refractivity (Wildman–Crippen MR) is 101 cm³/mol. The number of aromatic nitrogens is 1. The number of carbonyl (C=O) groups excluding carboxylic acids is 1. The van der Waals surface area contributed by atoms with Crippen molar-refractivity contribution < 1.29 is 23.0 Å². The molecule has 1 aromatic carbocycles. The van der Waals surface area contributed by atoms with Gasteiger partial charge in [-0.25, -0.2) is 18.6 Å². The molecule has 0 spiro atoms. The van der Waals surface area contributed by atoms with Crippen LogP contribution in [0.25, 0.3) is 5.57 Å². The van der Waals surface area contributed by atoms with Crippen molar-refractivity contribution in [2.75, 3.05) is 13.1 Å². The Kier molecular flexibility index (Phi) is 5.63. The average Bonchev–Trinajstić information content (AvgIpc) is 2.64. The Morgan fingerprint density at radius 1 is 1.14 bits per heavy atom. The molecule has 2 heterocycles. The zero-order chi connectivity index (χ0) is 20.3. The number of amides is 1. The summed E-state index contributed by atoms with van der Waals surface area (Å²) in [6.07, 6.45) is 3.53. The van der Waals surface area contributed by atoms with Crippen molar-refractivity contribution in [1.29, 1.82) is 0 Å². The molecule has 0 atom stereocenters. The lowest BCUT2D eigenvalue weighted by molar-refractivity contribution is 0.0270. The van der Waals surface area contributed by atoms with Gasteiger partial charge in [-0.15, -0.1) is 0 Å². The second-order valence-electron chi connectivity index (χ2n) is 7.41. The molecule has 0 bridgehead atoms. The Bertz CT molecular complexity index is 887. The van der Waals surface area contributed by atoms with Gasteiger partial charge in [-0.2, -0.15) is 0 Å². The maximum absolute atomic E-state index is 13.9. The minimum atomic E-state index is -0.801. The highest BCUT2D eigenvalue weighted by Gasteiger charge is 2.25.